The summed E-state index contributed by atoms with van der Waals surface area (Å²) in [5, 5.41) is 10.2. The molecule has 27 heavy (non-hydrogen) atoms. The highest BCUT2D eigenvalue weighted by molar-refractivity contribution is 5.89. The third-order valence-electron chi connectivity index (χ3n) is 5.22. The highest BCUT2D eigenvalue weighted by atomic mass is 16.2. The van der Waals surface area contributed by atoms with Crippen molar-refractivity contribution < 1.29 is 4.79 Å². The zero-order valence-corrected chi connectivity index (χ0v) is 16.4. The van der Waals surface area contributed by atoms with Gasteiger partial charge in [0.1, 0.15) is 0 Å². The topological polar surface area (TPSA) is 62.2 Å². The van der Waals surface area contributed by atoms with E-state index in [1.54, 1.807) is 10.9 Å². The molecule has 1 aliphatic heterocycles. The predicted molar refractivity (Wildman–Crippen MR) is 109 cm³/mol. The van der Waals surface area contributed by atoms with Crippen LogP contribution >= 0.6 is 0 Å². The van der Waals surface area contributed by atoms with E-state index in [4.69, 9.17) is 0 Å². The number of nitrogens with zero attached hydrogens (tertiary/aromatic N) is 3. The second-order valence-electron chi connectivity index (χ2n) is 7.60. The second-order valence-corrected chi connectivity index (χ2v) is 7.60. The number of rotatable bonds is 6. The Morgan fingerprint density at radius 1 is 1.15 bits per heavy atom. The van der Waals surface area contributed by atoms with Gasteiger partial charge >= 0.3 is 6.03 Å². The van der Waals surface area contributed by atoms with E-state index < -0.39 is 0 Å². The van der Waals surface area contributed by atoms with Crippen molar-refractivity contribution in [2.45, 2.75) is 45.6 Å². The molecule has 146 valence electrons. The number of hydrogen-bond donors (Lipinski definition) is 2. The van der Waals surface area contributed by atoms with Gasteiger partial charge in [-0.2, -0.15) is 5.10 Å². The summed E-state index contributed by atoms with van der Waals surface area (Å²) in [5.41, 5.74) is 1.68. The van der Waals surface area contributed by atoms with E-state index in [0.717, 1.165) is 24.5 Å². The maximum atomic E-state index is 12.4. The van der Waals surface area contributed by atoms with Crippen LogP contribution in [-0.4, -0.2) is 46.4 Å². The lowest BCUT2D eigenvalue weighted by molar-refractivity contribution is 0.158. The molecule has 2 N–H and O–H groups in total. The molecule has 0 aliphatic carbocycles. The summed E-state index contributed by atoms with van der Waals surface area (Å²) in [6, 6.07) is 9.78. The molecule has 1 fully saturated rings. The van der Waals surface area contributed by atoms with Crippen LogP contribution in [0, 0.1) is 5.92 Å². The van der Waals surface area contributed by atoms with E-state index in [2.05, 4.69) is 34.5 Å². The van der Waals surface area contributed by atoms with E-state index in [9.17, 15) is 4.79 Å². The molecule has 2 amide bonds. The summed E-state index contributed by atoms with van der Waals surface area (Å²) in [5.74, 6) is 0.506. The van der Waals surface area contributed by atoms with Crippen LogP contribution in [0.4, 0.5) is 10.5 Å². The van der Waals surface area contributed by atoms with Gasteiger partial charge in [-0.15, -0.1) is 0 Å². The third kappa shape index (κ3) is 5.57. The molecule has 1 unspecified atom stereocenters. The lowest BCUT2D eigenvalue weighted by Gasteiger charge is -2.33. The number of urea groups is 1. The first-order valence-electron chi connectivity index (χ1n) is 10.0. The van der Waals surface area contributed by atoms with Crippen molar-refractivity contribution in [2.75, 3.05) is 25.0 Å². The number of benzene rings is 1. The number of carbonyl (C=O) groups is 1. The van der Waals surface area contributed by atoms with Crippen LogP contribution in [0.15, 0.2) is 42.7 Å². The van der Waals surface area contributed by atoms with Crippen molar-refractivity contribution in [3.8, 4) is 5.69 Å². The lowest BCUT2D eigenvalue weighted by Crippen LogP contribution is -2.48. The minimum absolute atomic E-state index is 0.159. The minimum Gasteiger partial charge on any atom is -0.336 e. The van der Waals surface area contributed by atoms with E-state index >= 15 is 0 Å². The average Bonchev–Trinajstić information content (AvgIpc) is 3.06. The van der Waals surface area contributed by atoms with Gasteiger partial charge in [-0.1, -0.05) is 32.8 Å². The number of nitrogens with one attached hydrogen (secondary N) is 2. The molecule has 1 saturated heterocycles. The highest BCUT2D eigenvalue weighted by Gasteiger charge is 2.23. The van der Waals surface area contributed by atoms with E-state index in [1.165, 1.54) is 25.7 Å². The molecule has 3 rings (SSSR count). The first-order chi connectivity index (χ1) is 13.1. The van der Waals surface area contributed by atoms with Gasteiger partial charge < -0.3 is 10.6 Å². The van der Waals surface area contributed by atoms with Crippen molar-refractivity contribution in [1.82, 2.24) is 20.0 Å². The molecule has 1 aromatic heterocycles. The molecule has 0 radical (unpaired) electrons. The maximum absolute atomic E-state index is 12.4. The zero-order chi connectivity index (χ0) is 19.1. The maximum Gasteiger partial charge on any atom is 0.319 e. The summed E-state index contributed by atoms with van der Waals surface area (Å²) in [4.78, 5) is 15.0. The first kappa shape index (κ1) is 19.4. The highest BCUT2D eigenvalue weighted by Crippen LogP contribution is 2.17. The fraction of sp³-hybridized carbons (Fsp3) is 0.524. The molecule has 1 aliphatic rings. The molecular formula is C21H31N5O. The van der Waals surface area contributed by atoms with Crippen molar-refractivity contribution in [3.63, 3.8) is 0 Å². The summed E-state index contributed by atoms with van der Waals surface area (Å²) >= 11 is 0. The Bertz CT molecular complexity index is 705. The summed E-state index contributed by atoms with van der Waals surface area (Å²) < 4.78 is 1.78. The molecule has 0 spiro atoms. The molecule has 2 aromatic rings. The standard InChI is InChI=1S/C21H31N5O/c1-17(2)20(25-12-5-3-4-6-13-25)16-22-21(27)24-18-9-7-10-19(15-18)26-14-8-11-23-26/h7-11,14-15,17,20H,3-6,12-13,16H2,1-2H3,(H2,22,24,27). The minimum atomic E-state index is -0.159. The Morgan fingerprint density at radius 2 is 1.93 bits per heavy atom. The Labute approximate surface area is 161 Å². The number of hydrogen-bond acceptors (Lipinski definition) is 3. The number of amides is 2. The third-order valence-corrected chi connectivity index (χ3v) is 5.22. The monoisotopic (exact) mass is 369 g/mol. The molecule has 1 aromatic carbocycles. The summed E-state index contributed by atoms with van der Waals surface area (Å²) in [6.45, 7) is 7.42. The Hall–Kier alpha value is -2.34. The Morgan fingerprint density at radius 3 is 2.59 bits per heavy atom. The van der Waals surface area contributed by atoms with E-state index in [0.29, 0.717) is 18.5 Å². The molecule has 0 bridgehead atoms. The molecule has 6 nitrogen and oxygen atoms in total. The van der Waals surface area contributed by atoms with Crippen LogP contribution in [0.2, 0.25) is 0 Å². The Balaban J connectivity index is 1.56. The molecule has 0 saturated carbocycles. The van der Waals surface area contributed by atoms with Crippen molar-refractivity contribution >= 4 is 11.7 Å². The van der Waals surface area contributed by atoms with Crippen LogP contribution in [0.1, 0.15) is 39.5 Å². The van der Waals surface area contributed by atoms with Crippen molar-refractivity contribution in [1.29, 1.82) is 0 Å². The normalized spacial score (nSPS) is 16.7. The number of carbonyl (C=O) groups excluding carboxylic acids is 1. The molecule has 1 atom stereocenters. The van der Waals surface area contributed by atoms with Crippen LogP contribution < -0.4 is 10.6 Å². The van der Waals surface area contributed by atoms with Gasteiger partial charge in [-0.25, -0.2) is 9.48 Å². The van der Waals surface area contributed by atoms with Gasteiger partial charge in [0.05, 0.1) is 5.69 Å². The van der Waals surface area contributed by atoms with Gasteiger partial charge in [0, 0.05) is 30.7 Å². The number of likely N-dealkylation sites (tertiary alicyclic amines) is 1. The summed E-state index contributed by atoms with van der Waals surface area (Å²) in [6.07, 6.45) is 8.78. The first-order valence-corrected chi connectivity index (χ1v) is 10.0. The number of aromatic nitrogens is 2. The summed E-state index contributed by atoms with van der Waals surface area (Å²) in [7, 11) is 0. The second kappa shape index (κ2) is 9.55. The van der Waals surface area contributed by atoms with Gasteiger partial charge in [0.25, 0.3) is 0 Å². The molecular weight excluding hydrogens is 338 g/mol. The fourth-order valence-electron chi connectivity index (χ4n) is 3.73. The van der Waals surface area contributed by atoms with E-state index in [1.807, 2.05) is 36.5 Å². The SMILES string of the molecule is CC(C)C(CNC(=O)Nc1cccc(-n2cccn2)c1)N1CCCCCC1. The quantitative estimate of drug-likeness (QED) is 0.812. The fourth-order valence-corrected chi connectivity index (χ4v) is 3.73. The van der Waals surface area contributed by atoms with Gasteiger partial charge in [0.2, 0.25) is 0 Å². The van der Waals surface area contributed by atoms with Crippen molar-refractivity contribution in [3.05, 3.63) is 42.7 Å². The van der Waals surface area contributed by atoms with Gasteiger partial charge in [-0.3, -0.25) is 4.90 Å². The van der Waals surface area contributed by atoms with Crippen LogP contribution in [-0.2, 0) is 0 Å². The van der Waals surface area contributed by atoms with Crippen LogP contribution in [0.3, 0.4) is 0 Å². The van der Waals surface area contributed by atoms with Crippen LogP contribution in [0.25, 0.3) is 5.69 Å². The molecule has 6 heteroatoms. The average molecular weight is 370 g/mol. The largest absolute Gasteiger partial charge is 0.336 e. The van der Waals surface area contributed by atoms with Crippen LogP contribution in [0.5, 0.6) is 0 Å². The van der Waals surface area contributed by atoms with Gasteiger partial charge in [-0.05, 0) is 56.1 Å². The lowest BCUT2D eigenvalue weighted by atomic mass is 10.0. The zero-order valence-electron chi connectivity index (χ0n) is 16.4. The number of anilines is 1. The van der Waals surface area contributed by atoms with Crippen molar-refractivity contribution in [2.24, 2.45) is 5.92 Å². The Kier molecular flexibility index (Phi) is 6.87. The molecule has 2 heterocycles. The smallest absolute Gasteiger partial charge is 0.319 e. The van der Waals surface area contributed by atoms with Gasteiger partial charge in [0.15, 0.2) is 0 Å². The van der Waals surface area contributed by atoms with E-state index in [-0.39, 0.29) is 6.03 Å². The predicted octanol–water partition coefficient (Wildman–Crippen LogP) is 3.89.